The molecule has 0 saturated heterocycles. The zero-order valence-electron chi connectivity index (χ0n) is 10.8. The van der Waals surface area contributed by atoms with Crippen molar-refractivity contribution in [1.82, 2.24) is 5.32 Å². The predicted octanol–water partition coefficient (Wildman–Crippen LogP) is 2.52. The summed E-state index contributed by atoms with van der Waals surface area (Å²) in [5.74, 6) is 0.312. The van der Waals surface area contributed by atoms with E-state index in [9.17, 15) is 4.79 Å². The van der Waals surface area contributed by atoms with Crippen molar-refractivity contribution in [3.63, 3.8) is 0 Å². The van der Waals surface area contributed by atoms with Crippen LogP contribution in [0.5, 0.6) is 0 Å². The Bertz CT molecular complexity index is 348. The molecule has 1 aromatic rings. The second-order valence-electron chi connectivity index (χ2n) is 5.06. The summed E-state index contributed by atoms with van der Waals surface area (Å²) in [6.07, 6.45) is 1.78. The lowest BCUT2D eigenvalue weighted by Gasteiger charge is -2.28. The molecule has 0 aromatic carbocycles. The van der Waals surface area contributed by atoms with Gasteiger partial charge in [-0.25, -0.2) is 0 Å². The van der Waals surface area contributed by atoms with Gasteiger partial charge in [-0.15, -0.1) is 11.3 Å². The van der Waals surface area contributed by atoms with Gasteiger partial charge in [0.25, 0.3) is 0 Å². The summed E-state index contributed by atoms with van der Waals surface area (Å²) in [4.78, 5) is 12.8. The number of thiophene rings is 1. The van der Waals surface area contributed by atoms with E-state index in [0.29, 0.717) is 12.5 Å². The Morgan fingerprint density at radius 1 is 1.59 bits per heavy atom. The molecule has 3 N–H and O–H groups in total. The Labute approximate surface area is 107 Å². The standard InChI is InChI=1S/C13H22N2OS/c1-10(2)6-7-13(3,12(14)16)15-9-11-5-4-8-17-11/h4-5,8,10,15H,6-7,9H2,1-3H3,(H2,14,16). The molecular weight excluding hydrogens is 232 g/mol. The summed E-state index contributed by atoms with van der Waals surface area (Å²) in [7, 11) is 0. The zero-order chi connectivity index (χ0) is 12.9. The minimum atomic E-state index is -0.603. The second-order valence-corrected chi connectivity index (χ2v) is 6.09. The molecule has 0 radical (unpaired) electrons. The van der Waals surface area contributed by atoms with Crippen LogP contribution in [-0.4, -0.2) is 11.4 Å². The van der Waals surface area contributed by atoms with E-state index in [1.54, 1.807) is 11.3 Å². The van der Waals surface area contributed by atoms with E-state index < -0.39 is 5.54 Å². The number of carbonyl (C=O) groups excluding carboxylic acids is 1. The fourth-order valence-electron chi connectivity index (χ4n) is 1.57. The average Bonchev–Trinajstić information content (AvgIpc) is 2.76. The van der Waals surface area contributed by atoms with Crippen molar-refractivity contribution in [1.29, 1.82) is 0 Å². The molecule has 96 valence electrons. The number of carbonyl (C=O) groups is 1. The van der Waals surface area contributed by atoms with Gasteiger partial charge in [0.15, 0.2) is 0 Å². The summed E-state index contributed by atoms with van der Waals surface area (Å²) >= 11 is 1.69. The van der Waals surface area contributed by atoms with E-state index in [1.807, 2.05) is 18.4 Å². The third-order valence-corrected chi connectivity index (χ3v) is 3.87. The summed E-state index contributed by atoms with van der Waals surface area (Å²) in [6, 6.07) is 4.07. The van der Waals surface area contributed by atoms with Gasteiger partial charge in [-0.3, -0.25) is 10.1 Å². The Balaban J connectivity index is 2.55. The third kappa shape index (κ3) is 4.48. The largest absolute Gasteiger partial charge is 0.368 e. The van der Waals surface area contributed by atoms with Crippen LogP contribution in [0, 0.1) is 5.92 Å². The van der Waals surface area contributed by atoms with Crippen LogP contribution in [0.2, 0.25) is 0 Å². The summed E-state index contributed by atoms with van der Waals surface area (Å²) in [5, 5.41) is 5.32. The van der Waals surface area contributed by atoms with Crippen molar-refractivity contribution in [2.45, 2.75) is 45.7 Å². The molecule has 0 fully saturated rings. The first-order chi connectivity index (χ1) is 7.94. The number of amides is 1. The molecule has 3 nitrogen and oxygen atoms in total. The summed E-state index contributed by atoms with van der Waals surface area (Å²) < 4.78 is 0. The van der Waals surface area contributed by atoms with Gasteiger partial charge >= 0.3 is 0 Å². The van der Waals surface area contributed by atoms with E-state index in [0.717, 1.165) is 12.8 Å². The maximum absolute atomic E-state index is 11.6. The molecule has 1 amide bonds. The van der Waals surface area contributed by atoms with Gasteiger partial charge in [0.1, 0.15) is 0 Å². The smallest absolute Gasteiger partial charge is 0.237 e. The maximum Gasteiger partial charge on any atom is 0.237 e. The number of nitrogens with two attached hydrogens (primary N) is 1. The average molecular weight is 254 g/mol. The van der Waals surface area contributed by atoms with Gasteiger partial charge < -0.3 is 5.73 Å². The molecule has 0 spiro atoms. The fourth-order valence-corrected chi connectivity index (χ4v) is 2.22. The number of hydrogen-bond donors (Lipinski definition) is 2. The highest BCUT2D eigenvalue weighted by Gasteiger charge is 2.30. The van der Waals surface area contributed by atoms with Gasteiger partial charge in [0.05, 0.1) is 5.54 Å². The molecule has 4 heteroatoms. The lowest BCUT2D eigenvalue weighted by atomic mass is 9.91. The van der Waals surface area contributed by atoms with Gasteiger partial charge in [-0.2, -0.15) is 0 Å². The van der Waals surface area contributed by atoms with Crippen molar-refractivity contribution >= 4 is 17.2 Å². The molecule has 0 bridgehead atoms. The second kappa shape index (κ2) is 6.17. The van der Waals surface area contributed by atoms with Crippen LogP contribution in [-0.2, 0) is 11.3 Å². The highest BCUT2D eigenvalue weighted by Crippen LogP contribution is 2.18. The van der Waals surface area contributed by atoms with Crippen molar-refractivity contribution in [3.8, 4) is 0 Å². The van der Waals surface area contributed by atoms with E-state index in [2.05, 4.69) is 25.2 Å². The minimum absolute atomic E-state index is 0.269. The maximum atomic E-state index is 11.6. The van der Waals surface area contributed by atoms with Crippen molar-refractivity contribution in [3.05, 3.63) is 22.4 Å². The number of hydrogen-bond acceptors (Lipinski definition) is 3. The monoisotopic (exact) mass is 254 g/mol. The number of primary amides is 1. The minimum Gasteiger partial charge on any atom is -0.368 e. The Hall–Kier alpha value is -0.870. The Morgan fingerprint density at radius 3 is 2.76 bits per heavy atom. The lowest BCUT2D eigenvalue weighted by molar-refractivity contribution is -0.124. The first kappa shape index (κ1) is 14.2. The van der Waals surface area contributed by atoms with E-state index in [-0.39, 0.29) is 5.91 Å². The van der Waals surface area contributed by atoms with E-state index in [1.165, 1.54) is 4.88 Å². The zero-order valence-corrected chi connectivity index (χ0v) is 11.6. The molecule has 1 heterocycles. The molecule has 1 atom stereocenters. The van der Waals surface area contributed by atoms with Crippen molar-refractivity contribution < 1.29 is 4.79 Å². The molecule has 0 saturated carbocycles. The van der Waals surface area contributed by atoms with Crippen molar-refractivity contribution in [2.75, 3.05) is 0 Å². The summed E-state index contributed by atoms with van der Waals surface area (Å²) in [6.45, 7) is 6.90. The molecule has 1 unspecified atom stereocenters. The molecule has 1 rings (SSSR count). The van der Waals surface area contributed by atoms with E-state index >= 15 is 0 Å². The lowest BCUT2D eigenvalue weighted by Crippen LogP contribution is -2.52. The molecule has 0 aliphatic heterocycles. The SMILES string of the molecule is CC(C)CCC(C)(NCc1cccs1)C(N)=O. The van der Waals surface area contributed by atoms with Gasteiger partial charge in [-0.1, -0.05) is 19.9 Å². The normalized spacial score (nSPS) is 14.8. The van der Waals surface area contributed by atoms with Gasteiger partial charge in [0.2, 0.25) is 5.91 Å². The first-order valence-corrected chi connectivity index (χ1v) is 6.89. The van der Waals surface area contributed by atoms with Crippen LogP contribution in [0.3, 0.4) is 0 Å². The molecule has 0 aliphatic carbocycles. The van der Waals surface area contributed by atoms with Crippen LogP contribution < -0.4 is 11.1 Å². The van der Waals surface area contributed by atoms with Gasteiger partial charge in [-0.05, 0) is 37.1 Å². The highest BCUT2D eigenvalue weighted by atomic mass is 32.1. The molecule has 1 aromatic heterocycles. The van der Waals surface area contributed by atoms with Crippen LogP contribution in [0.15, 0.2) is 17.5 Å². The third-order valence-electron chi connectivity index (χ3n) is 3.00. The first-order valence-electron chi connectivity index (χ1n) is 6.01. The van der Waals surface area contributed by atoms with Crippen LogP contribution in [0.25, 0.3) is 0 Å². The summed E-state index contributed by atoms with van der Waals surface area (Å²) in [5.41, 5.74) is 4.90. The molecular formula is C13H22N2OS. The quantitative estimate of drug-likeness (QED) is 0.785. The fraction of sp³-hybridized carbons (Fsp3) is 0.615. The molecule has 0 aliphatic rings. The number of rotatable bonds is 7. The predicted molar refractivity (Wildman–Crippen MR) is 72.8 cm³/mol. The molecule has 17 heavy (non-hydrogen) atoms. The highest BCUT2D eigenvalue weighted by molar-refractivity contribution is 7.09. The van der Waals surface area contributed by atoms with Gasteiger partial charge in [0, 0.05) is 11.4 Å². The van der Waals surface area contributed by atoms with E-state index in [4.69, 9.17) is 5.73 Å². The van der Waals surface area contributed by atoms with Crippen LogP contribution in [0.4, 0.5) is 0 Å². The van der Waals surface area contributed by atoms with Crippen molar-refractivity contribution in [2.24, 2.45) is 11.7 Å². The Kier molecular flexibility index (Phi) is 5.15. The van der Waals surface area contributed by atoms with Crippen LogP contribution >= 0.6 is 11.3 Å². The van der Waals surface area contributed by atoms with Crippen LogP contribution in [0.1, 0.15) is 38.5 Å². The Morgan fingerprint density at radius 2 is 2.29 bits per heavy atom. The number of nitrogens with one attached hydrogen (secondary N) is 1. The topological polar surface area (TPSA) is 55.1 Å².